The van der Waals surface area contributed by atoms with Gasteiger partial charge in [-0.25, -0.2) is 9.97 Å². The maximum absolute atomic E-state index is 13.1. The van der Waals surface area contributed by atoms with Crippen LogP contribution in [-0.4, -0.2) is 30.1 Å². The zero-order chi connectivity index (χ0) is 18.7. The molecule has 0 aliphatic carbocycles. The van der Waals surface area contributed by atoms with Gasteiger partial charge in [0.05, 0.1) is 30.8 Å². The molecule has 136 valence electrons. The molecular weight excluding hydrogens is 351 g/mol. The van der Waals surface area contributed by atoms with Gasteiger partial charge < -0.3 is 9.84 Å². The minimum atomic E-state index is -4.46. The molecule has 0 amide bonds. The molecule has 3 rings (SSSR count). The summed E-state index contributed by atoms with van der Waals surface area (Å²) in [6, 6.07) is 3.98. The summed E-state index contributed by atoms with van der Waals surface area (Å²) in [5, 5.41) is 16.4. The Morgan fingerprint density at radius 3 is 2.54 bits per heavy atom. The van der Waals surface area contributed by atoms with Crippen molar-refractivity contribution in [1.29, 1.82) is 0 Å². The first kappa shape index (κ1) is 17.8. The number of nitrogens with zero attached hydrogens (tertiary/aromatic N) is 5. The Morgan fingerprint density at radius 1 is 1.19 bits per heavy atom. The molecule has 0 spiro atoms. The fourth-order valence-electron chi connectivity index (χ4n) is 2.29. The third kappa shape index (κ3) is 3.80. The van der Waals surface area contributed by atoms with Crippen molar-refractivity contribution >= 4 is 0 Å². The number of aromatic nitrogens is 5. The minimum Gasteiger partial charge on any atom is -0.486 e. The largest absolute Gasteiger partial charge is 0.486 e. The average Bonchev–Trinajstić information content (AvgIpc) is 3.09. The van der Waals surface area contributed by atoms with Crippen LogP contribution in [0.15, 0.2) is 36.8 Å². The second kappa shape index (κ2) is 7.08. The van der Waals surface area contributed by atoms with Gasteiger partial charge in [0.2, 0.25) is 0 Å². The van der Waals surface area contributed by atoms with Crippen molar-refractivity contribution in [2.45, 2.75) is 26.3 Å². The molecule has 1 N–H and O–H groups in total. The van der Waals surface area contributed by atoms with E-state index in [1.54, 1.807) is 13.0 Å². The van der Waals surface area contributed by atoms with Gasteiger partial charge in [0.25, 0.3) is 5.95 Å². The van der Waals surface area contributed by atoms with Crippen LogP contribution in [0.1, 0.15) is 22.4 Å². The van der Waals surface area contributed by atoms with Crippen molar-refractivity contribution in [1.82, 2.24) is 25.0 Å². The number of aliphatic hydroxyl groups is 1. The fraction of sp³-hybridized carbons (Fsp3) is 0.250. The summed E-state index contributed by atoms with van der Waals surface area (Å²) >= 11 is 0. The fourth-order valence-corrected chi connectivity index (χ4v) is 2.29. The number of rotatable bonds is 5. The molecule has 1 aromatic carbocycles. The lowest BCUT2D eigenvalue weighted by atomic mass is 10.0. The summed E-state index contributed by atoms with van der Waals surface area (Å²) in [4.78, 5) is 8.05. The van der Waals surface area contributed by atoms with Crippen molar-refractivity contribution in [3.05, 3.63) is 59.2 Å². The molecule has 0 unspecified atom stereocenters. The van der Waals surface area contributed by atoms with Crippen LogP contribution in [0.3, 0.4) is 0 Å². The molecule has 10 heteroatoms. The highest BCUT2D eigenvalue weighted by molar-refractivity contribution is 5.36. The summed E-state index contributed by atoms with van der Waals surface area (Å²) < 4.78 is 46.0. The standard InChI is InChI=1S/C16H14F3N5O2/c1-10-3-2-4-14(16(17,18)19)13(10)9-26-12-5-20-15(21-6-12)24-7-11(8-25)22-23-24/h2-7,25H,8-9H2,1H3. The summed E-state index contributed by atoms with van der Waals surface area (Å²) in [7, 11) is 0. The third-order valence-electron chi connectivity index (χ3n) is 3.62. The number of aryl methyl sites for hydroxylation is 1. The molecule has 7 nitrogen and oxygen atoms in total. The molecule has 0 saturated carbocycles. The first-order valence-corrected chi connectivity index (χ1v) is 7.51. The van der Waals surface area contributed by atoms with Crippen LogP contribution >= 0.6 is 0 Å². The van der Waals surface area contributed by atoms with Crippen LogP contribution in [0, 0.1) is 6.92 Å². The molecular formula is C16H14F3N5O2. The van der Waals surface area contributed by atoms with E-state index in [2.05, 4.69) is 20.3 Å². The number of ether oxygens (including phenoxy) is 1. The van der Waals surface area contributed by atoms with Gasteiger partial charge in [-0.05, 0) is 18.6 Å². The SMILES string of the molecule is Cc1cccc(C(F)(F)F)c1COc1cnc(-n2cc(CO)nn2)nc1. The van der Waals surface area contributed by atoms with E-state index in [0.717, 1.165) is 6.07 Å². The van der Waals surface area contributed by atoms with Crippen LogP contribution in [0.4, 0.5) is 13.2 Å². The van der Waals surface area contributed by atoms with Crippen LogP contribution in [-0.2, 0) is 19.4 Å². The van der Waals surface area contributed by atoms with Crippen molar-refractivity contribution in [3.63, 3.8) is 0 Å². The van der Waals surface area contributed by atoms with Crippen LogP contribution in [0.25, 0.3) is 5.95 Å². The lowest BCUT2D eigenvalue weighted by Gasteiger charge is -2.15. The molecule has 0 aliphatic heterocycles. The molecule has 2 aromatic heterocycles. The first-order valence-electron chi connectivity index (χ1n) is 7.51. The maximum atomic E-state index is 13.1. The van der Waals surface area contributed by atoms with E-state index in [4.69, 9.17) is 9.84 Å². The summed E-state index contributed by atoms with van der Waals surface area (Å²) in [6.45, 7) is 1.07. The Kier molecular flexibility index (Phi) is 4.85. The van der Waals surface area contributed by atoms with Gasteiger partial charge in [0, 0.05) is 5.56 Å². The highest BCUT2D eigenvalue weighted by atomic mass is 19.4. The normalized spacial score (nSPS) is 11.6. The third-order valence-corrected chi connectivity index (χ3v) is 3.62. The zero-order valence-electron chi connectivity index (χ0n) is 13.6. The molecule has 0 atom stereocenters. The number of hydrogen-bond donors (Lipinski definition) is 1. The number of benzene rings is 1. The Morgan fingerprint density at radius 2 is 1.92 bits per heavy atom. The molecule has 3 aromatic rings. The van der Waals surface area contributed by atoms with Crippen molar-refractivity contribution in [3.8, 4) is 11.7 Å². The Balaban J connectivity index is 1.75. The van der Waals surface area contributed by atoms with Gasteiger partial charge in [0.1, 0.15) is 12.3 Å². The second-order valence-electron chi connectivity index (χ2n) is 5.42. The zero-order valence-corrected chi connectivity index (χ0v) is 13.6. The van der Waals surface area contributed by atoms with Gasteiger partial charge >= 0.3 is 6.18 Å². The lowest BCUT2D eigenvalue weighted by Crippen LogP contribution is -2.12. The van der Waals surface area contributed by atoms with Gasteiger partial charge in [-0.15, -0.1) is 5.10 Å². The van der Waals surface area contributed by atoms with Crippen molar-refractivity contribution < 1.29 is 23.0 Å². The van der Waals surface area contributed by atoms with Gasteiger partial charge in [-0.1, -0.05) is 17.3 Å². The van der Waals surface area contributed by atoms with E-state index in [1.165, 1.54) is 29.3 Å². The highest BCUT2D eigenvalue weighted by Gasteiger charge is 2.33. The Bertz CT molecular complexity index is 894. The topological polar surface area (TPSA) is 86.0 Å². The van der Waals surface area contributed by atoms with Crippen LogP contribution in [0.5, 0.6) is 5.75 Å². The highest BCUT2D eigenvalue weighted by Crippen LogP contribution is 2.33. The molecule has 0 fully saturated rings. The average molecular weight is 365 g/mol. The van der Waals surface area contributed by atoms with E-state index in [0.29, 0.717) is 11.3 Å². The number of hydrogen-bond acceptors (Lipinski definition) is 6. The monoisotopic (exact) mass is 365 g/mol. The minimum absolute atomic E-state index is 0.0629. The van der Waals surface area contributed by atoms with E-state index in [9.17, 15) is 13.2 Å². The molecule has 26 heavy (non-hydrogen) atoms. The number of alkyl halides is 3. The quantitative estimate of drug-likeness (QED) is 0.748. The molecule has 2 heterocycles. The first-order chi connectivity index (χ1) is 12.4. The van der Waals surface area contributed by atoms with Gasteiger partial charge in [-0.3, -0.25) is 0 Å². The van der Waals surface area contributed by atoms with E-state index < -0.39 is 11.7 Å². The van der Waals surface area contributed by atoms with Gasteiger partial charge in [-0.2, -0.15) is 17.9 Å². The van der Waals surface area contributed by atoms with Gasteiger partial charge in [0.15, 0.2) is 5.75 Å². The van der Waals surface area contributed by atoms with E-state index >= 15 is 0 Å². The van der Waals surface area contributed by atoms with Crippen LogP contribution in [0.2, 0.25) is 0 Å². The van der Waals surface area contributed by atoms with E-state index in [1.807, 2.05) is 0 Å². The Hall–Kier alpha value is -3.01. The summed E-state index contributed by atoms with van der Waals surface area (Å²) in [6.07, 6.45) is -0.344. The molecule has 0 aliphatic rings. The molecule has 0 bridgehead atoms. The lowest BCUT2D eigenvalue weighted by molar-refractivity contribution is -0.138. The van der Waals surface area contributed by atoms with Crippen molar-refractivity contribution in [2.75, 3.05) is 0 Å². The summed E-state index contributed by atoms with van der Waals surface area (Å²) in [5.41, 5.74) is 0.173. The van der Waals surface area contributed by atoms with E-state index in [-0.39, 0.29) is 30.5 Å². The van der Waals surface area contributed by atoms with Crippen molar-refractivity contribution in [2.24, 2.45) is 0 Å². The van der Waals surface area contributed by atoms with Crippen LogP contribution < -0.4 is 4.74 Å². The molecule has 0 saturated heterocycles. The summed E-state index contributed by atoms with van der Waals surface area (Å²) in [5.74, 6) is 0.407. The predicted molar refractivity (Wildman–Crippen MR) is 83.4 cm³/mol. The molecule has 0 radical (unpaired) electrons. The smallest absolute Gasteiger partial charge is 0.416 e. The number of aliphatic hydroxyl groups excluding tert-OH is 1. The second-order valence-corrected chi connectivity index (χ2v) is 5.42. The Labute approximate surface area is 146 Å². The maximum Gasteiger partial charge on any atom is 0.416 e. The number of halogens is 3. The predicted octanol–water partition coefficient (Wildman–Crippen LogP) is 2.46.